The number of benzene rings is 1. The number of carbonyl (C=O) groups is 2. The van der Waals surface area contributed by atoms with Crippen LogP contribution in [0.1, 0.15) is 25.3 Å². The van der Waals surface area contributed by atoms with Crippen LogP contribution in [0, 0.1) is 5.92 Å². The van der Waals surface area contributed by atoms with Crippen molar-refractivity contribution in [1.29, 1.82) is 0 Å². The number of likely N-dealkylation sites (N-methyl/N-ethyl adjacent to an activating group) is 1. The summed E-state index contributed by atoms with van der Waals surface area (Å²) in [7, 11) is 5.07. The fourth-order valence-electron chi connectivity index (χ4n) is 3.10. The maximum absolute atomic E-state index is 12.2. The molecule has 0 aliphatic carbocycles. The molecule has 0 aromatic heterocycles. The predicted molar refractivity (Wildman–Crippen MR) is 127 cm³/mol. The van der Waals surface area contributed by atoms with E-state index in [1.165, 1.54) is 4.90 Å². The number of nitrogens with zero attached hydrogens (tertiary/aromatic N) is 3. The lowest BCUT2D eigenvalue weighted by Gasteiger charge is -2.34. The maximum Gasteiger partial charge on any atom is 0.310 e. The number of rotatable bonds is 7. The van der Waals surface area contributed by atoms with Crippen LogP contribution >= 0.6 is 24.0 Å². The standard InChI is InChI=1S/C21H32N4O4.HI/c1-5-29-20(27)17-7-6-12-25(15-17)21(23-14-19(26)24(2)3)22-13-16-8-10-18(28-4)11-9-16;/h8-11,17H,5-7,12-15H2,1-4H3,(H,22,23);1H. The molecule has 0 radical (unpaired) electrons. The SMILES string of the molecule is CCOC(=O)C1CCCN(C(=NCc2ccc(OC)cc2)NCC(=O)N(C)C)C1.I. The van der Waals surface area contributed by atoms with Crippen molar-refractivity contribution in [2.45, 2.75) is 26.3 Å². The van der Waals surface area contributed by atoms with E-state index in [-0.39, 0.29) is 48.3 Å². The van der Waals surface area contributed by atoms with Crippen LogP contribution in [0.4, 0.5) is 0 Å². The molecule has 0 bridgehead atoms. The fraction of sp³-hybridized carbons (Fsp3) is 0.571. The fourth-order valence-corrected chi connectivity index (χ4v) is 3.10. The van der Waals surface area contributed by atoms with Gasteiger partial charge in [0.05, 0.1) is 32.7 Å². The molecular weight excluding hydrogens is 499 g/mol. The third kappa shape index (κ3) is 8.00. The van der Waals surface area contributed by atoms with Gasteiger partial charge >= 0.3 is 5.97 Å². The van der Waals surface area contributed by atoms with Crippen molar-refractivity contribution in [2.75, 3.05) is 47.4 Å². The van der Waals surface area contributed by atoms with E-state index in [1.54, 1.807) is 21.2 Å². The van der Waals surface area contributed by atoms with Crippen LogP contribution in [0.5, 0.6) is 5.75 Å². The van der Waals surface area contributed by atoms with Crippen LogP contribution in [0.15, 0.2) is 29.3 Å². The number of piperidine rings is 1. The summed E-state index contributed by atoms with van der Waals surface area (Å²) in [6, 6.07) is 7.71. The Labute approximate surface area is 196 Å². The lowest BCUT2D eigenvalue weighted by molar-refractivity contribution is -0.149. The van der Waals surface area contributed by atoms with Crippen molar-refractivity contribution in [3.8, 4) is 5.75 Å². The summed E-state index contributed by atoms with van der Waals surface area (Å²) in [5.74, 6) is 1.03. The van der Waals surface area contributed by atoms with Crippen LogP contribution in [0.3, 0.4) is 0 Å². The summed E-state index contributed by atoms with van der Waals surface area (Å²) < 4.78 is 10.4. The Balaban J connectivity index is 0.00000450. The number of methoxy groups -OCH3 is 1. The zero-order valence-corrected chi connectivity index (χ0v) is 20.5. The molecule has 1 atom stereocenters. The monoisotopic (exact) mass is 532 g/mol. The first kappa shape index (κ1) is 26.0. The number of halogens is 1. The molecular formula is C21H33IN4O4. The number of aliphatic imine (C=N–C) groups is 1. The van der Waals surface area contributed by atoms with Crippen LogP contribution in [0.2, 0.25) is 0 Å². The number of carbonyl (C=O) groups excluding carboxylic acids is 2. The predicted octanol–water partition coefficient (Wildman–Crippen LogP) is 2.12. The highest BCUT2D eigenvalue weighted by atomic mass is 127. The van der Waals surface area contributed by atoms with E-state index in [9.17, 15) is 9.59 Å². The van der Waals surface area contributed by atoms with Gasteiger partial charge in [-0.25, -0.2) is 4.99 Å². The summed E-state index contributed by atoms with van der Waals surface area (Å²) in [5, 5.41) is 3.16. The number of guanidine groups is 1. The molecule has 1 fully saturated rings. The Morgan fingerprint density at radius 2 is 1.97 bits per heavy atom. The number of nitrogens with one attached hydrogen (secondary N) is 1. The minimum absolute atomic E-state index is 0. The van der Waals surface area contributed by atoms with Crippen molar-refractivity contribution >= 4 is 41.8 Å². The van der Waals surface area contributed by atoms with Gasteiger partial charge in [0, 0.05) is 27.2 Å². The van der Waals surface area contributed by atoms with E-state index >= 15 is 0 Å². The third-order valence-electron chi connectivity index (χ3n) is 4.81. The molecule has 1 amide bonds. The first-order valence-electron chi connectivity index (χ1n) is 9.97. The normalized spacial score (nSPS) is 16.3. The molecule has 1 aromatic rings. The van der Waals surface area contributed by atoms with Crippen molar-refractivity contribution in [3.05, 3.63) is 29.8 Å². The van der Waals surface area contributed by atoms with Gasteiger partial charge in [-0.3, -0.25) is 9.59 Å². The molecule has 0 saturated carbocycles. The van der Waals surface area contributed by atoms with Crippen LogP contribution in [-0.2, 0) is 20.9 Å². The molecule has 9 heteroatoms. The summed E-state index contributed by atoms with van der Waals surface area (Å²) >= 11 is 0. The van der Waals surface area contributed by atoms with Gasteiger partial charge in [0.1, 0.15) is 5.75 Å². The number of amides is 1. The van der Waals surface area contributed by atoms with Gasteiger partial charge in [0.15, 0.2) is 5.96 Å². The van der Waals surface area contributed by atoms with Gasteiger partial charge in [0.2, 0.25) is 5.91 Å². The van der Waals surface area contributed by atoms with Gasteiger partial charge in [-0.15, -0.1) is 24.0 Å². The summed E-state index contributed by atoms with van der Waals surface area (Å²) in [4.78, 5) is 32.5. The van der Waals surface area contributed by atoms with Gasteiger partial charge in [-0.05, 0) is 37.5 Å². The molecule has 1 N–H and O–H groups in total. The average molecular weight is 532 g/mol. The lowest BCUT2D eigenvalue weighted by Crippen LogP contribution is -2.50. The number of ether oxygens (including phenoxy) is 2. The van der Waals surface area contributed by atoms with Gasteiger partial charge in [-0.2, -0.15) is 0 Å². The largest absolute Gasteiger partial charge is 0.497 e. The van der Waals surface area contributed by atoms with Crippen LogP contribution < -0.4 is 10.1 Å². The molecule has 8 nitrogen and oxygen atoms in total. The molecule has 1 heterocycles. The number of esters is 1. The van der Waals surface area contributed by atoms with Crippen LogP contribution in [-0.4, -0.2) is 75.1 Å². The lowest BCUT2D eigenvalue weighted by atomic mass is 9.98. The van der Waals surface area contributed by atoms with Crippen molar-refractivity contribution in [3.63, 3.8) is 0 Å². The van der Waals surface area contributed by atoms with Gasteiger partial charge in [0.25, 0.3) is 0 Å². The van der Waals surface area contributed by atoms with Gasteiger partial charge in [-0.1, -0.05) is 12.1 Å². The van der Waals surface area contributed by atoms with Gasteiger partial charge < -0.3 is 24.6 Å². The van der Waals surface area contributed by atoms with E-state index in [0.29, 0.717) is 25.7 Å². The topological polar surface area (TPSA) is 83.5 Å². The smallest absolute Gasteiger partial charge is 0.310 e. The van der Waals surface area contributed by atoms with E-state index in [1.807, 2.05) is 36.1 Å². The molecule has 1 saturated heterocycles. The van der Waals surface area contributed by atoms with Crippen molar-refractivity contribution < 1.29 is 19.1 Å². The Hall–Kier alpha value is -2.04. The Bertz CT molecular complexity index is 709. The number of likely N-dealkylation sites (tertiary alicyclic amines) is 1. The maximum atomic E-state index is 12.2. The van der Waals surface area contributed by atoms with E-state index < -0.39 is 0 Å². The van der Waals surface area contributed by atoms with E-state index in [4.69, 9.17) is 14.5 Å². The minimum Gasteiger partial charge on any atom is -0.497 e. The molecule has 168 valence electrons. The molecule has 1 aliphatic heterocycles. The zero-order chi connectivity index (χ0) is 21.2. The first-order valence-corrected chi connectivity index (χ1v) is 9.97. The van der Waals surface area contributed by atoms with Crippen LogP contribution in [0.25, 0.3) is 0 Å². The molecule has 1 aliphatic rings. The molecule has 1 unspecified atom stereocenters. The number of hydrogen-bond donors (Lipinski definition) is 1. The molecule has 30 heavy (non-hydrogen) atoms. The number of hydrogen-bond acceptors (Lipinski definition) is 5. The van der Waals surface area contributed by atoms with Crippen molar-refractivity contribution in [2.24, 2.45) is 10.9 Å². The second kappa shape index (κ2) is 13.3. The molecule has 1 aromatic carbocycles. The van der Waals surface area contributed by atoms with E-state index in [0.717, 1.165) is 30.7 Å². The average Bonchev–Trinajstić information content (AvgIpc) is 2.74. The third-order valence-corrected chi connectivity index (χ3v) is 4.81. The highest BCUT2D eigenvalue weighted by molar-refractivity contribution is 14.0. The summed E-state index contributed by atoms with van der Waals surface area (Å²) in [6.45, 7) is 4.11. The summed E-state index contributed by atoms with van der Waals surface area (Å²) in [5.41, 5.74) is 1.03. The molecule has 0 spiro atoms. The Morgan fingerprint density at radius 3 is 2.57 bits per heavy atom. The highest BCUT2D eigenvalue weighted by Gasteiger charge is 2.28. The Kier molecular flexibility index (Phi) is 11.5. The quantitative estimate of drug-likeness (QED) is 0.251. The highest BCUT2D eigenvalue weighted by Crippen LogP contribution is 2.18. The zero-order valence-electron chi connectivity index (χ0n) is 18.2. The van der Waals surface area contributed by atoms with E-state index in [2.05, 4.69) is 5.32 Å². The minimum atomic E-state index is -0.179. The Morgan fingerprint density at radius 1 is 1.27 bits per heavy atom. The second-order valence-electron chi connectivity index (χ2n) is 7.17. The first-order chi connectivity index (χ1) is 13.9. The molecule has 2 rings (SSSR count). The van der Waals surface area contributed by atoms with Crippen molar-refractivity contribution in [1.82, 2.24) is 15.1 Å². The second-order valence-corrected chi connectivity index (χ2v) is 7.17. The summed E-state index contributed by atoms with van der Waals surface area (Å²) in [6.07, 6.45) is 1.67.